The molecule has 12 heteroatoms. The molecule has 1 aromatic heterocycles. The fourth-order valence-electron chi connectivity index (χ4n) is 2.92. The summed E-state index contributed by atoms with van der Waals surface area (Å²) in [4.78, 5) is 22.0. The number of ether oxygens (including phenoxy) is 2. The molecule has 0 bridgehead atoms. The molecule has 0 atom stereocenters. The number of hydrogen-bond donors (Lipinski definition) is 3. The molecule has 4 N–H and O–H groups in total. The molecule has 1 fully saturated rings. The minimum absolute atomic E-state index is 0.00451. The van der Waals surface area contributed by atoms with E-state index in [4.69, 9.17) is 15.2 Å². The summed E-state index contributed by atoms with van der Waals surface area (Å²) in [6.45, 7) is 3.22. The van der Waals surface area contributed by atoms with Crippen LogP contribution >= 0.6 is 0 Å². The van der Waals surface area contributed by atoms with Gasteiger partial charge in [0.2, 0.25) is 10.0 Å². The van der Waals surface area contributed by atoms with Crippen LogP contribution in [-0.4, -0.2) is 70.8 Å². The Hall–Kier alpha value is -2.96. The minimum Gasteiger partial charge on any atom is -0.496 e. The number of benzene rings is 1. The molecule has 30 heavy (non-hydrogen) atoms. The van der Waals surface area contributed by atoms with Gasteiger partial charge in [0.15, 0.2) is 0 Å². The molecule has 0 unspecified atom stereocenters. The molecule has 0 radical (unpaired) electrons. The number of amides is 1. The molecule has 1 amide bonds. The van der Waals surface area contributed by atoms with E-state index in [9.17, 15) is 13.2 Å². The maximum atomic E-state index is 12.5. The first-order valence-electron chi connectivity index (χ1n) is 9.27. The van der Waals surface area contributed by atoms with E-state index in [0.29, 0.717) is 25.6 Å². The van der Waals surface area contributed by atoms with Crippen molar-refractivity contribution in [1.82, 2.24) is 14.7 Å². The Morgan fingerprint density at radius 3 is 2.70 bits per heavy atom. The number of nitrogens with two attached hydrogens (primary N) is 1. The third-order valence-electron chi connectivity index (χ3n) is 4.46. The quantitative estimate of drug-likeness (QED) is 0.455. The first kappa shape index (κ1) is 21.7. The van der Waals surface area contributed by atoms with Gasteiger partial charge in [-0.15, -0.1) is 0 Å². The molecular formula is C18H24N6O5S. The van der Waals surface area contributed by atoms with Crippen molar-refractivity contribution in [1.29, 1.82) is 0 Å². The third kappa shape index (κ3) is 5.34. The van der Waals surface area contributed by atoms with E-state index in [2.05, 4.69) is 24.9 Å². The topological polar surface area (TPSA) is 149 Å². The zero-order chi connectivity index (χ0) is 21.6. The van der Waals surface area contributed by atoms with Crippen LogP contribution in [0, 0.1) is 0 Å². The van der Waals surface area contributed by atoms with Gasteiger partial charge in [-0.05, 0) is 18.2 Å². The van der Waals surface area contributed by atoms with E-state index in [1.54, 1.807) is 0 Å². The van der Waals surface area contributed by atoms with Crippen LogP contribution in [0.3, 0.4) is 0 Å². The van der Waals surface area contributed by atoms with Crippen molar-refractivity contribution in [2.75, 3.05) is 56.7 Å². The molecule has 2 aromatic rings. The number of primary amides is 1. The van der Waals surface area contributed by atoms with Crippen LogP contribution in [-0.2, 0) is 14.8 Å². The average molecular weight is 436 g/mol. The van der Waals surface area contributed by atoms with E-state index in [1.165, 1.54) is 31.6 Å². The van der Waals surface area contributed by atoms with Crippen molar-refractivity contribution >= 4 is 27.6 Å². The number of nitrogens with one attached hydrogen (secondary N) is 2. The van der Waals surface area contributed by atoms with Crippen LogP contribution in [0.15, 0.2) is 35.5 Å². The molecule has 3 rings (SSSR count). The van der Waals surface area contributed by atoms with Crippen molar-refractivity contribution < 1.29 is 22.7 Å². The first-order valence-corrected chi connectivity index (χ1v) is 10.7. The smallest absolute Gasteiger partial charge is 0.252 e. The van der Waals surface area contributed by atoms with Gasteiger partial charge in [0.25, 0.3) is 5.91 Å². The van der Waals surface area contributed by atoms with Gasteiger partial charge in [0.05, 0.1) is 30.8 Å². The number of nitrogens with zero attached hydrogens (tertiary/aromatic N) is 3. The van der Waals surface area contributed by atoms with Crippen molar-refractivity contribution in [2.45, 2.75) is 4.90 Å². The maximum absolute atomic E-state index is 12.5. The Morgan fingerprint density at radius 2 is 2.00 bits per heavy atom. The molecule has 0 saturated carbocycles. The van der Waals surface area contributed by atoms with Gasteiger partial charge in [-0.2, -0.15) is 0 Å². The zero-order valence-electron chi connectivity index (χ0n) is 16.5. The molecular weight excluding hydrogens is 412 g/mol. The summed E-state index contributed by atoms with van der Waals surface area (Å²) in [7, 11) is -2.46. The third-order valence-corrected chi connectivity index (χ3v) is 5.92. The van der Waals surface area contributed by atoms with Gasteiger partial charge >= 0.3 is 0 Å². The SMILES string of the molecule is COc1ccc(S(=O)(=O)NCCNc2cc(N3CCOCC3)ncn2)cc1C(N)=O. The Bertz CT molecular complexity index is 994. The Balaban J connectivity index is 1.57. The largest absolute Gasteiger partial charge is 0.496 e. The second-order valence-corrected chi connectivity index (χ2v) is 8.18. The molecule has 1 saturated heterocycles. The van der Waals surface area contributed by atoms with Crippen LogP contribution < -0.4 is 25.4 Å². The van der Waals surface area contributed by atoms with E-state index < -0.39 is 15.9 Å². The fourth-order valence-corrected chi connectivity index (χ4v) is 3.97. The lowest BCUT2D eigenvalue weighted by Gasteiger charge is -2.27. The molecule has 11 nitrogen and oxygen atoms in total. The maximum Gasteiger partial charge on any atom is 0.252 e. The van der Waals surface area contributed by atoms with Crippen molar-refractivity contribution in [3.63, 3.8) is 0 Å². The van der Waals surface area contributed by atoms with Crippen molar-refractivity contribution in [3.8, 4) is 5.75 Å². The number of sulfonamides is 1. The van der Waals surface area contributed by atoms with E-state index in [-0.39, 0.29) is 22.8 Å². The van der Waals surface area contributed by atoms with Crippen LogP contribution in [0.1, 0.15) is 10.4 Å². The van der Waals surface area contributed by atoms with Gasteiger partial charge in [-0.25, -0.2) is 23.1 Å². The van der Waals surface area contributed by atoms with Crippen molar-refractivity contribution in [3.05, 3.63) is 36.2 Å². The highest BCUT2D eigenvalue weighted by atomic mass is 32.2. The van der Waals surface area contributed by atoms with Gasteiger partial charge < -0.3 is 25.4 Å². The van der Waals surface area contributed by atoms with Crippen LogP contribution in [0.5, 0.6) is 5.75 Å². The monoisotopic (exact) mass is 436 g/mol. The lowest BCUT2D eigenvalue weighted by atomic mass is 10.2. The number of anilines is 2. The van der Waals surface area contributed by atoms with Crippen molar-refractivity contribution in [2.24, 2.45) is 5.73 Å². The summed E-state index contributed by atoms with van der Waals surface area (Å²) in [5, 5.41) is 3.07. The summed E-state index contributed by atoms with van der Waals surface area (Å²) in [6.07, 6.45) is 1.46. The summed E-state index contributed by atoms with van der Waals surface area (Å²) >= 11 is 0. The average Bonchev–Trinajstić information content (AvgIpc) is 2.77. The molecule has 162 valence electrons. The number of morpholine rings is 1. The minimum atomic E-state index is -3.83. The summed E-state index contributed by atoms with van der Waals surface area (Å²) in [5.74, 6) is 0.813. The number of hydrogen-bond acceptors (Lipinski definition) is 9. The Kier molecular flexibility index (Phi) is 7.03. The lowest BCUT2D eigenvalue weighted by molar-refractivity contribution is 0.0997. The van der Waals surface area contributed by atoms with Gasteiger partial charge in [-0.1, -0.05) is 0 Å². The Morgan fingerprint density at radius 1 is 1.23 bits per heavy atom. The molecule has 1 aliphatic rings. The highest BCUT2D eigenvalue weighted by molar-refractivity contribution is 7.89. The number of aromatic nitrogens is 2. The molecule has 2 heterocycles. The number of rotatable bonds is 9. The molecule has 1 aliphatic heterocycles. The second-order valence-electron chi connectivity index (χ2n) is 6.41. The summed E-state index contributed by atoms with van der Waals surface area (Å²) in [5.41, 5.74) is 5.28. The van der Waals surface area contributed by atoms with Crippen LogP contribution in [0.25, 0.3) is 0 Å². The number of methoxy groups -OCH3 is 1. The fraction of sp³-hybridized carbons (Fsp3) is 0.389. The van der Waals surface area contributed by atoms with Gasteiger partial charge in [0, 0.05) is 32.2 Å². The lowest BCUT2D eigenvalue weighted by Crippen LogP contribution is -2.36. The van der Waals surface area contributed by atoms with Gasteiger partial charge in [0.1, 0.15) is 23.7 Å². The first-order chi connectivity index (χ1) is 14.4. The Labute approximate surface area is 174 Å². The molecule has 1 aromatic carbocycles. The standard InChI is InChI=1S/C18H24N6O5S/c1-28-15-3-2-13(10-14(15)18(19)25)30(26,27)23-5-4-20-16-11-17(22-12-21-16)24-6-8-29-9-7-24/h2-3,10-12,23H,4-9H2,1H3,(H2,19,25)(H,20,21,22). The highest BCUT2D eigenvalue weighted by Gasteiger charge is 2.18. The number of carbonyl (C=O) groups excluding carboxylic acids is 1. The van der Waals surface area contributed by atoms with Crippen LogP contribution in [0.4, 0.5) is 11.6 Å². The molecule has 0 spiro atoms. The second kappa shape index (κ2) is 9.69. The van der Waals surface area contributed by atoms with Gasteiger partial charge in [-0.3, -0.25) is 4.79 Å². The van der Waals surface area contributed by atoms with E-state index >= 15 is 0 Å². The summed E-state index contributed by atoms with van der Waals surface area (Å²) < 4.78 is 37.8. The predicted molar refractivity (Wildman–Crippen MR) is 110 cm³/mol. The molecule has 0 aliphatic carbocycles. The highest BCUT2D eigenvalue weighted by Crippen LogP contribution is 2.22. The van der Waals surface area contributed by atoms with E-state index in [1.807, 2.05) is 6.07 Å². The number of carbonyl (C=O) groups is 1. The normalized spacial score (nSPS) is 14.4. The zero-order valence-corrected chi connectivity index (χ0v) is 17.3. The van der Waals surface area contributed by atoms with E-state index in [0.717, 1.165) is 18.9 Å². The van der Waals surface area contributed by atoms with Crippen LogP contribution in [0.2, 0.25) is 0 Å². The summed E-state index contributed by atoms with van der Waals surface area (Å²) in [6, 6.07) is 5.74. The predicted octanol–water partition coefficient (Wildman–Crippen LogP) is -0.189.